The van der Waals surface area contributed by atoms with Crippen LogP contribution in [0.4, 0.5) is 0 Å². The second kappa shape index (κ2) is 4.92. The van der Waals surface area contributed by atoms with Gasteiger partial charge >= 0.3 is 0 Å². The van der Waals surface area contributed by atoms with E-state index in [1.165, 1.54) is 11.2 Å². The van der Waals surface area contributed by atoms with Gasteiger partial charge in [-0.1, -0.05) is 13.0 Å². The summed E-state index contributed by atoms with van der Waals surface area (Å²) < 4.78 is 5.41. The highest BCUT2D eigenvalue weighted by atomic mass is 16.3. The van der Waals surface area contributed by atoms with Crippen LogP contribution in [-0.4, -0.2) is 46.3 Å². The van der Waals surface area contributed by atoms with Gasteiger partial charge in [0.05, 0.1) is 17.8 Å². The van der Waals surface area contributed by atoms with Crippen LogP contribution in [0, 0.1) is 0 Å². The maximum atomic E-state index is 12.5. The number of hydrogen-bond donors (Lipinski definition) is 2. The van der Waals surface area contributed by atoms with Gasteiger partial charge in [0.2, 0.25) is 0 Å². The van der Waals surface area contributed by atoms with Crippen molar-refractivity contribution in [1.82, 2.24) is 4.90 Å². The van der Waals surface area contributed by atoms with E-state index in [1.54, 1.807) is 0 Å². The third kappa shape index (κ3) is 2.09. The number of hydrogen-bond acceptors (Lipinski definition) is 4. The molecule has 1 aromatic heterocycles. The molecule has 2 N–H and O–H groups in total. The molecule has 0 aliphatic carbocycles. The van der Waals surface area contributed by atoms with Crippen LogP contribution in [0.5, 0.6) is 0 Å². The Balaban J connectivity index is 1.95. The van der Waals surface area contributed by atoms with Crippen LogP contribution in [0.1, 0.15) is 22.8 Å². The van der Waals surface area contributed by atoms with E-state index in [-0.39, 0.29) is 19.0 Å². The molecule has 1 amide bonds. The van der Waals surface area contributed by atoms with Gasteiger partial charge < -0.3 is 19.5 Å². The first-order valence-electron chi connectivity index (χ1n) is 6.75. The van der Waals surface area contributed by atoms with Crippen LogP contribution in [0.2, 0.25) is 0 Å². The summed E-state index contributed by atoms with van der Waals surface area (Å²) in [6, 6.07) is 5.79. The number of fused-ring (bicyclic) bond motifs is 1. The molecule has 1 fully saturated rings. The Morgan fingerprint density at radius 2 is 2.05 bits per heavy atom. The van der Waals surface area contributed by atoms with Crippen molar-refractivity contribution in [3.05, 3.63) is 35.6 Å². The Hall–Kier alpha value is -1.85. The van der Waals surface area contributed by atoms with Gasteiger partial charge in [-0.25, -0.2) is 0 Å². The molecular weight excluding hydrogens is 258 g/mol. The lowest BCUT2D eigenvalue weighted by Crippen LogP contribution is -2.29. The lowest BCUT2D eigenvalue weighted by molar-refractivity contribution is 0.0572. The van der Waals surface area contributed by atoms with Crippen molar-refractivity contribution in [2.24, 2.45) is 0 Å². The minimum absolute atomic E-state index is 0.153. The van der Waals surface area contributed by atoms with Crippen LogP contribution in [0.25, 0.3) is 11.0 Å². The Labute approximate surface area is 116 Å². The number of carbonyl (C=O) groups is 1. The van der Waals surface area contributed by atoms with E-state index < -0.39 is 12.2 Å². The number of aliphatic hydroxyl groups excluding tert-OH is 2. The van der Waals surface area contributed by atoms with E-state index in [2.05, 4.69) is 6.92 Å². The molecule has 0 saturated carbocycles. The lowest BCUT2D eigenvalue weighted by Gasteiger charge is -2.14. The molecular formula is C15H17NO4. The number of rotatable bonds is 2. The number of aryl methyl sites for hydroxylation is 1. The first-order chi connectivity index (χ1) is 9.60. The molecule has 0 spiro atoms. The summed E-state index contributed by atoms with van der Waals surface area (Å²) in [7, 11) is 0. The van der Waals surface area contributed by atoms with E-state index in [0.717, 1.165) is 17.4 Å². The molecule has 2 unspecified atom stereocenters. The largest absolute Gasteiger partial charge is 0.463 e. The maximum absolute atomic E-state index is 12.5. The number of benzene rings is 1. The van der Waals surface area contributed by atoms with Gasteiger partial charge in [-0.2, -0.15) is 0 Å². The minimum Gasteiger partial charge on any atom is -0.463 e. The average molecular weight is 275 g/mol. The van der Waals surface area contributed by atoms with E-state index in [0.29, 0.717) is 11.1 Å². The van der Waals surface area contributed by atoms with Crippen molar-refractivity contribution >= 4 is 16.9 Å². The zero-order chi connectivity index (χ0) is 14.3. The summed E-state index contributed by atoms with van der Waals surface area (Å²) in [5.74, 6) is -0.215. The Morgan fingerprint density at radius 3 is 2.70 bits per heavy atom. The molecule has 2 heterocycles. The molecule has 5 nitrogen and oxygen atoms in total. The number of nitrogens with zero attached hydrogens (tertiary/aromatic N) is 1. The number of aliphatic hydroxyl groups is 2. The molecule has 0 radical (unpaired) electrons. The van der Waals surface area contributed by atoms with Gasteiger partial charge in [0.15, 0.2) is 0 Å². The summed E-state index contributed by atoms with van der Waals surface area (Å²) in [6.45, 7) is 2.36. The Kier molecular flexibility index (Phi) is 3.23. The van der Waals surface area contributed by atoms with Crippen molar-refractivity contribution in [1.29, 1.82) is 0 Å². The van der Waals surface area contributed by atoms with Crippen molar-refractivity contribution in [3.8, 4) is 0 Å². The van der Waals surface area contributed by atoms with Crippen molar-refractivity contribution in [2.45, 2.75) is 25.6 Å². The zero-order valence-electron chi connectivity index (χ0n) is 11.2. The highest BCUT2D eigenvalue weighted by molar-refractivity contribution is 6.06. The topological polar surface area (TPSA) is 73.9 Å². The molecule has 5 heteroatoms. The van der Waals surface area contributed by atoms with E-state index in [1.807, 2.05) is 18.2 Å². The smallest absolute Gasteiger partial charge is 0.257 e. The highest BCUT2D eigenvalue weighted by Crippen LogP contribution is 2.25. The molecule has 1 aromatic carbocycles. The van der Waals surface area contributed by atoms with Crippen LogP contribution < -0.4 is 0 Å². The molecule has 1 aliphatic heterocycles. The summed E-state index contributed by atoms with van der Waals surface area (Å²) in [5, 5.41) is 19.9. The average Bonchev–Trinajstić information content (AvgIpc) is 3.01. The van der Waals surface area contributed by atoms with Gasteiger partial charge in [0.1, 0.15) is 11.8 Å². The fourth-order valence-corrected chi connectivity index (χ4v) is 2.57. The molecule has 0 bridgehead atoms. The zero-order valence-corrected chi connectivity index (χ0v) is 11.2. The van der Waals surface area contributed by atoms with Gasteiger partial charge in [0, 0.05) is 18.5 Å². The molecule has 20 heavy (non-hydrogen) atoms. The molecule has 106 valence electrons. The summed E-state index contributed by atoms with van der Waals surface area (Å²) in [4.78, 5) is 13.9. The van der Waals surface area contributed by atoms with Crippen molar-refractivity contribution < 1.29 is 19.4 Å². The van der Waals surface area contributed by atoms with Gasteiger partial charge in [-0.05, 0) is 24.1 Å². The summed E-state index contributed by atoms with van der Waals surface area (Å²) >= 11 is 0. The van der Waals surface area contributed by atoms with E-state index in [9.17, 15) is 15.0 Å². The van der Waals surface area contributed by atoms with Crippen LogP contribution in [-0.2, 0) is 6.42 Å². The van der Waals surface area contributed by atoms with E-state index in [4.69, 9.17) is 4.42 Å². The predicted octanol–water partition coefficient (Wildman–Crippen LogP) is 1.17. The molecule has 3 rings (SSSR count). The standard InChI is InChI=1S/C15H17NO4/c1-2-9-3-4-14-10(5-9)11(8-20-14)15(19)16-6-12(17)13(18)7-16/h3-5,8,12-13,17-18H,2,6-7H2,1H3. The monoisotopic (exact) mass is 275 g/mol. The quantitative estimate of drug-likeness (QED) is 0.863. The molecule has 2 aromatic rings. The van der Waals surface area contributed by atoms with Crippen LogP contribution in [0.15, 0.2) is 28.9 Å². The SMILES string of the molecule is CCc1ccc2occ(C(=O)N3CC(O)C(O)C3)c2c1. The van der Waals surface area contributed by atoms with Gasteiger partial charge in [-0.15, -0.1) is 0 Å². The maximum Gasteiger partial charge on any atom is 0.257 e. The predicted molar refractivity (Wildman–Crippen MR) is 73.5 cm³/mol. The van der Waals surface area contributed by atoms with Gasteiger partial charge in [0.25, 0.3) is 5.91 Å². The molecule has 2 atom stereocenters. The minimum atomic E-state index is -0.872. The van der Waals surface area contributed by atoms with Crippen molar-refractivity contribution in [2.75, 3.05) is 13.1 Å². The number of likely N-dealkylation sites (tertiary alicyclic amines) is 1. The van der Waals surface area contributed by atoms with Crippen LogP contribution in [0.3, 0.4) is 0 Å². The number of β-amino-alcohol motifs (C(OH)–C–C–N with tert-alkyl or cyclic N) is 2. The Morgan fingerprint density at radius 1 is 1.35 bits per heavy atom. The number of amides is 1. The molecule has 1 saturated heterocycles. The second-order valence-corrected chi connectivity index (χ2v) is 5.18. The third-order valence-electron chi connectivity index (χ3n) is 3.82. The first-order valence-corrected chi connectivity index (χ1v) is 6.75. The summed E-state index contributed by atoms with van der Waals surface area (Å²) in [5.41, 5.74) is 2.29. The number of furan rings is 1. The fourth-order valence-electron chi connectivity index (χ4n) is 2.57. The summed E-state index contributed by atoms with van der Waals surface area (Å²) in [6.07, 6.45) is 0.589. The normalized spacial score (nSPS) is 22.6. The first kappa shape index (κ1) is 13.1. The van der Waals surface area contributed by atoms with Crippen molar-refractivity contribution in [3.63, 3.8) is 0 Å². The third-order valence-corrected chi connectivity index (χ3v) is 3.82. The van der Waals surface area contributed by atoms with Gasteiger partial charge in [-0.3, -0.25) is 4.79 Å². The highest BCUT2D eigenvalue weighted by Gasteiger charge is 2.34. The van der Waals surface area contributed by atoms with Crippen LogP contribution >= 0.6 is 0 Å². The second-order valence-electron chi connectivity index (χ2n) is 5.18. The Bertz CT molecular complexity index is 638. The lowest BCUT2D eigenvalue weighted by atomic mass is 10.1. The fraction of sp³-hybridized carbons (Fsp3) is 0.400. The van der Waals surface area contributed by atoms with E-state index >= 15 is 0 Å². The number of carbonyl (C=O) groups excluding carboxylic acids is 1. The molecule has 1 aliphatic rings.